The molecule has 1 aromatic rings. The van der Waals surface area contributed by atoms with Crippen LogP contribution in [0.1, 0.15) is 12.5 Å². The van der Waals surface area contributed by atoms with Gasteiger partial charge in [0.1, 0.15) is 0 Å². The minimum Gasteiger partial charge on any atom is -0.297 e. The Bertz CT molecular complexity index is 314. The number of hydrogen-bond acceptors (Lipinski definition) is 3. The van der Waals surface area contributed by atoms with Crippen molar-refractivity contribution >= 4 is 22.7 Å². The summed E-state index contributed by atoms with van der Waals surface area (Å²) in [5.74, 6) is 0. The van der Waals surface area contributed by atoms with E-state index in [1.54, 1.807) is 11.3 Å². The molecular formula is C9H12N2S. The summed E-state index contributed by atoms with van der Waals surface area (Å²) in [6.45, 7) is 4.10. The van der Waals surface area contributed by atoms with E-state index in [0.29, 0.717) is 0 Å². The Labute approximate surface area is 76.5 Å². The van der Waals surface area contributed by atoms with Crippen LogP contribution in [-0.4, -0.2) is 24.2 Å². The van der Waals surface area contributed by atoms with E-state index >= 15 is 0 Å². The first kappa shape index (κ1) is 7.95. The molecule has 0 bridgehead atoms. The highest BCUT2D eigenvalue weighted by atomic mass is 32.1. The predicted molar refractivity (Wildman–Crippen MR) is 53.4 cm³/mol. The first-order valence-electron chi connectivity index (χ1n) is 4.03. The van der Waals surface area contributed by atoms with Crippen LogP contribution in [-0.2, 0) is 6.54 Å². The van der Waals surface area contributed by atoms with Gasteiger partial charge in [-0.15, -0.1) is 11.3 Å². The molecule has 0 aliphatic carbocycles. The maximum Gasteiger partial charge on any atom is 0.0781 e. The summed E-state index contributed by atoms with van der Waals surface area (Å²) in [5, 5.41) is 4.31. The van der Waals surface area contributed by atoms with Crippen molar-refractivity contribution in [1.29, 1.82) is 0 Å². The van der Waals surface area contributed by atoms with Crippen molar-refractivity contribution in [3.63, 3.8) is 0 Å². The van der Waals surface area contributed by atoms with E-state index in [2.05, 4.69) is 34.6 Å². The van der Waals surface area contributed by atoms with Gasteiger partial charge >= 0.3 is 0 Å². The molecule has 0 N–H and O–H groups in total. The minimum absolute atomic E-state index is 0.985. The number of aliphatic imine (C=N–C) groups is 1. The van der Waals surface area contributed by atoms with Crippen molar-refractivity contribution in [3.05, 3.63) is 16.3 Å². The molecule has 12 heavy (non-hydrogen) atoms. The first-order chi connectivity index (χ1) is 5.75. The van der Waals surface area contributed by atoms with Gasteiger partial charge < -0.3 is 0 Å². The SMILES string of the molecule is CC1=Nc2cscc2CN(C)C1. The smallest absolute Gasteiger partial charge is 0.0781 e. The van der Waals surface area contributed by atoms with Crippen molar-refractivity contribution in [2.45, 2.75) is 13.5 Å². The van der Waals surface area contributed by atoms with Gasteiger partial charge in [-0.1, -0.05) is 0 Å². The predicted octanol–water partition coefficient (Wildman–Crippen LogP) is 2.29. The lowest BCUT2D eigenvalue weighted by Crippen LogP contribution is -2.22. The van der Waals surface area contributed by atoms with Gasteiger partial charge in [-0.3, -0.25) is 9.89 Å². The van der Waals surface area contributed by atoms with Gasteiger partial charge in [0.15, 0.2) is 0 Å². The zero-order chi connectivity index (χ0) is 8.55. The summed E-state index contributed by atoms with van der Waals surface area (Å²) in [6, 6.07) is 0. The fourth-order valence-electron chi connectivity index (χ4n) is 1.51. The van der Waals surface area contributed by atoms with Gasteiger partial charge in [0.2, 0.25) is 0 Å². The first-order valence-corrected chi connectivity index (χ1v) is 4.98. The van der Waals surface area contributed by atoms with Crippen LogP contribution in [0.5, 0.6) is 0 Å². The molecular weight excluding hydrogens is 168 g/mol. The third-order valence-corrected chi connectivity index (χ3v) is 2.75. The maximum absolute atomic E-state index is 4.54. The van der Waals surface area contributed by atoms with E-state index in [1.165, 1.54) is 17.0 Å². The van der Waals surface area contributed by atoms with E-state index in [0.717, 1.165) is 13.1 Å². The number of thiophene rings is 1. The lowest BCUT2D eigenvalue weighted by atomic mass is 10.3. The van der Waals surface area contributed by atoms with Crippen molar-refractivity contribution in [2.24, 2.45) is 4.99 Å². The quantitative estimate of drug-likeness (QED) is 0.598. The molecule has 1 aliphatic rings. The van der Waals surface area contributed by atoms with Gasteiger partial charge in [0.05, 0.1) is 5.69 Å². The van der Waals surface area contributed by atoms with E-state index in [9.17, 15) is 0 Å². The molecule has 0 saturated carbocycles. The van der Waals surface area contributed by atoms with E-state index in [-0.39, 0.29) is 0 Å². The Morgan fingerprint density at radius 2 is 2.25 bits per heavy atom. The van der Waals surface area contributed by atoms with Gasteiger partial charge in [-0.2, -0.15) is 0 Å². The molecule has 0 unspecified atom stereocenters. The topological polar surface area (TPSA) is 15.6 Å². The zero-order valence-corrected chi connectivity index (χ0v) is 8.19. The third kappa shape index (κ3) is 1.42. The fraction of sp³-hybridized carbons (Fsp3) is 0.444. The fourth-order valence-corrected chi connectivity index (χ4v) is 2.27. The third-order valence-electron chi connectivity index (χ3n) is 1.97. The molecule has 1 aromatic heterocycles. The van der Waals surface area contributed by atoms with Crippen LogP contribution in [0, 0.1) is 0 Å². The van der Waals surface area contributed by atoms with Crippen LogP contribution in [0.3, 0.4) is 0 Å². The highest BCUT2D eigenvalue weighted by molar-refractivity contribution is 7.08. The average Bonchev–Trinajstić information content (AvgIpc) is 2.31. The second kappa shape index (κ2) is 2.99. The van der Waals surface area contributed by atoms with Crippen molar-refractivity contribution in [3.8, 4) is 0 Å². The van der Waals surface area contributed by atoms with Crippen LogP contribution in [0.4, 0.5) is 5.69 Å². The lowest BCUT2D eigenvalue weighted by Gasteiger charge is -2.12. The number of fused-ring (bicyclic) bond motifs is 1. The van der Waals surface area contributed by atoms with E-state index < -0.39 is 0 Å². The molecule has 0 spiro atoms. The Morgan fingerprint density at radius 1 is 1.42 bits per heavy atom. The highest BCUT2D eigenvalue weighted by Gasteiger charge is 2.11. The van der Waals surface area contributed by atoms with E-state index in [4.69, 9.17) is 0 Å². The minimum atomic E-state index is 0.985. The molecule has 0 aromatic carbocycles. The molecule has 1 aliphatic heterocycles. The molecule has 2 heterocycles. The molecule has 3 heteroatoms. The Morgan fingerprint density at radius 3 is 3.08 bits per heavy atom. The van der Waals surface area contributed by atoms with Crippen LogP contribution in [0.2, 0.25) is 0 Å². The summed E-state index contributed by atoms with van der Waals surface area (Å²) in [4.78, 5) is 6.82. The molecule has 0 amide bonds. The maximum atomic E-state index is 4.54. The molecule has 0 atom stereocenters. The Hall–Kier alpha value is -0.670. The number of nitrogens with zero attached hydrogens (tertiary/aromatic N) is 2. The monoisotopic (exact) mass is 180 g/mol. The standard InChI is InChI=1S/C9H12N2S/c1-7-3-11(2)4-8-5-12-6-9(8)10-7/h5-6H,3-4H2,1-2H3. The van der Waals surface area contributed by atoms with Gasteiger partial charge in [0.25, 0.3) is 0 Å². The van der Waals surface area contributed by atoms with Crippen molar-refractivity contribution in [1.82, 2.24) is 4.90 Å². The number of hydrogen-bond donors (Lipinski definition) is 0. The van der Waals surface area contributed by atoms with E-state index in [1.807, 2.05) is 0 Å². The second-order valence-corrected chi connectivity index (χ2v) is 4.05. The Balaban J connectivity index is 2.41. The molecule has 0 radical (unpaired) electrons. The largest absolute Gasteiger partial charge is 0.297 e. The van der Waals surface area contributed by atoms with Crippen LogP contribution in [0.15, 0.2) is 15.8 Å². The average molecular weight is 180 g/mol. The van der Waals surface area contributed by atoms with Crippen LogP contribution >= 0.6 is 11.3 Å². The number of rotatable bonds is 0. The van der Waals surface area contributed by atoms with Crippen molar-refractivity contribution in [2.75, 3.05) is 13.6 Å². The van der Waals surface area contributed by atoms with Gasteiger partial charge in [0, 0.05) is 29.7 Å². The van der Waals surface area contributed by atoms with Gasteiger partial charge in [-0.05, 0) is 19.4 Å². The second-order valence-electron chi connectivity index (χ2n) is 3.30. The van der Waals surface area contributed by atoms with Crippen molar-refractivity contribution < 1.29 is 0 Å². The van der Waals surface area contributed by atoms with Crippen LogP contribution in [0.25, 0.3) is 0 Å². The van der Waals surface area contributed by atoms with Gasteiger partial charge in [-0.25, -0.2) is 0 Å². The molecule has 64 valence electrons. The summed E-state index contributed by atoms with van der Waals surface area (Å²) in [6.07, 6.45) is 0. The zero-order valence-electron chi connectivity index (χ0n) is 7.37. The lowest BCUT2D eigenvalue weighted by molar-refractivity contribution is 0.377. The normalized spacial score (nSPS) is 18.3. The molecule has 0 saturated heterocycles. The molecule has 0 fully saturated rings. The summed E-state index contributed by atoms with van der Waals surface area (Å²) in [5.41, 5.74) is 3.73. The Kier molecular flexibility index (Phi) is 1.98. The molecule has 2 nitrogen and oxygen atoms in total. The molecule has 2 rings (SSSR count). The summed E-state index contributed by atoms with van der Waals surface area (Å²) in [7, 11) is 2.13. The summed E-state index contributed by atoms with van der Waals surface area (Å²) < 4.78 is 0. The van der Waals surface area contributed by atoms with Crippen LogP contribution < -0.4 is 0 Å². The summed E-state index contributed by atoms with van der Waals surface area (Å²) >= 11 is 1.73. The highest BCUT2D eigenvalue weighted by Crippen LogP contribution is 2.27.